The summed E-state index contributed by atoms with van der Waals surface area (Å²) >= 11 is 5.97. The van der Waals surface area contributed by atoms with Crippen molar-refractivity contribution in [1.29, 1.82) is 0 Å². The molecule has 35 heavy (non-hydrogen) atoms. The van der Waals surface area contributed by atoms with E-state index in [4.69, 9.17) is 16.3 Å². The number of ether oxygens (including phenoxy) is 1. The average Bonchev–Trinajstić information content (AvgIpc) is 2.98. The fourth-order valence-electron chi connectivity index (χ4n) is 4.42. The van der Waals surface area contributed by atoms with Crippen LogP contribution < -0.4 is 15.5 Å². The van der Waals surface area contributed by atoms with Gasteiger partial charge < -0.3 is 10.1 Å². The van der Waals surface area contributed by atoms with Crippen molar-refractivity contribution in [2.75, 3.05) is 39.8 Å². The zero-order valence-electron chi connectivity index (χ0n) is 19.9. The molecule has 2 aliphatic heterocycles. The maximum absolute atomic E-state index is 13.1. The molecule has 2 aliphatic rings. The lowest BCUT2D eigenvalue weighted by atomic mass is 9.92. The average molecular weight is 500 g/mol. The van der Waals surface area contributed by atoms with Crippen molar-refractivity contribution < 1.29 is 19.1 Å². The zero-order valence-corrected chi connectivity index (χ0v) is 20.7. The van der Waals surface area contributed by atoms with Crippen LogP contribution in [0.25, 0.3) is 0 Å². The molecule has 186 valence electrons. The summed E-state index contributed by atoms with van der Waals surface area (Å²) in [6, 6.07) is 14.1. The highest BCUT2D eigenvalue weighted by Crippen LogP contribution is 2.30. The molecule has 2 fully saturated rings. The van der Waals surface area contributed by atoms with Gasteiger partial charge in [0.15, 0.2) is 0 Å². The molecule has 10 heteroatoms. The van der Waals surface area contributed by atoms with Gasteiger partial charge in [-0.2, -0.15) is 5.01 Å². The van der Waals surface area contributed by atoms with Gasteiger partial charge in [-0.25, -0.2) is 4.79 Å². The van der Waals surface area contributed by atoms with Crippen molar-refractivity contribution in [3.8, 4) is 5.75 Å². The van der Waals surface area contributed by atoms with Crippen LogP contribution in [0.5, 0.6) is 5.75 Å². The minimum Gasteiger partial charge on any atom is -0.497 e. The third-order valence-corrected chi connectivity index (χ3v) is 6.69. The number of benzene rings is 2. The minimum atomic E-state index is -1.30. The number of nitrogens with zero attached hydrogens (tertiary/aromatic N) is 3. The molecule has 2 aromatic rings. The normalized spacial score (nSPS) is 21.5. The van der Waals surface area contributed by atoms with Gasteiger partial charge in [-0.15, -0.1) is 0 Å². The van der Waals surface area contributed by atoms with E-state index in [1.54, 1.807) is 31.2 Å². The number of hydrogen-bond donors (Lipinski definition) is 2. The van der Waals surface area contributed by atoms with Gasteiger partial charge in [-0.1, -0.05) is 35.9 Å². The Morgan fingerprint density at radius 1 is 1.09 bits per heavy atom. The molecule has 1 atom stereocenters. The van der Waals surface area contributed by atoms with Crippen LogP contribution in [-0.2, 0) is 21.7 Å². The van der Waals surface area contributed by atoms with Crippen molar-refractivity contribution in [1.82, 2.24) is 25.6 Å². The summed E-state index contributed by atoms with van der Waals surface area (Å²) in [6.45, 7) is 5.73. The number of methoxy groups -OCH3 is 1. The van der Waals surface area contributed by atoms with Crippen LogP contribution >= 0.6 is 11.6 Å². The Kier molecular flexibility index (Phi) is 7.59. The van der Waals surface area contributed by atoms with Crippen LogP contribution in [0.1, 0.15) is 24.5 Å². The zero-order chi connectivity index (χ0) is 25.0. The quantitative estimate of drug-likeness (QED) is 0.568. The molecule has 0 aromatic heterocycles. The van der Waals surface area contributed by atoms with Crippen LogP contribution in [0.3, 0.4) is 0 Å². The second-order valence-electron chi connectivity index (χ2n) is 8.99. The SMILES string of the molecule is COc1cccc(C2(C)NC(=O)N(NC(=O)CN3CCCN(Cc4ccc(Cl)cc4)CC3)C2=O)c1. The second-order valence-corrected chi connectivity index (χ2v) is 9.43. The number of hydrogen-bond acceptors (Lipinski definition) is 6. The van der Waals surface area contributed by atoms with Gasteiger partial charge in [-0.05, 0) is 61.8 Å². The molecule has 2 heterocycles. The predicted molar refractivity (Wildman–Crippen MR) is 132 cm³/mol. The molecule has 0 radical (unpaired) electrons. The highest BCUT2D eigenvalue weighted by molar-refractivity contribution is 6.30. The third kappa shape index (κ3) is 5.75. The Labute approximate surface area is 209 Å². The van der Waals surface area contributed by atoms with Crippen molar-refractivity contribution in [3.05, 3.63) is 64.7 Å². The van der Waals surface area contributed by atoms with E-state index >= 15 is 0 Å². The molecule has 9 nitrogen and oxygen atoms in total. The summed E-state index contributed by atoms with van der Waals surface area (Å²) in [5.41, 5.74) is 2.95. The van der Waals surface area contributed by atoms with Gasteiger partial charge in [0, 0.05) is 24.7 Å². The molecule has 1 unspecified atom stereocenters. The maximum atomic E-state index is 13.1. The van der Waals surface area contributed by atoms with Gasteiger partial charge >= 0.3 is 6.03 Å². The number of hydrazine groups is 1. The first-order chi connectivity index (χ1) is 16.8. The lowest BCUT2D eigenvalue weighted by Crippen LogP contribution is -2.51. The van der Waals surface area contributed by atoms with Gasteiger partial charge in [0.05, 0.1) is 13.7 Å². The molecule has 0 bridgehead atoms. The van der Waals surface area contributed by atoms with Crippen molar-refractivity contribution in [2.24, 2.45) is 0 Å². The summed E-state index contributed by atoms with van der Waals surface area (Å²) in [4.78, 5) is 42.8. The van der Waals surface area contributed by atoms with Gasteiger partial charge in [0.25, 0.3) is 11.8 Å². The van der Waals surface area contributed by atoms with E-state index in [9.17, 15) is 14.4 Å². The number of rotatable bonds is 7. The fourth-order valence-corrected chi connectivity index (χ4v) is 4.55. The Morgan fingerprint density at radius 3 is 2.54 bits per heavy atom. The van der Waals surface area contributed by atoms with E-state index in [-0.39, 0.29) is 6.54 Å². The van der Waals surface area contributed by atoms with E-state index < -0.39 is 23.4 Å². The predicted octanol–water partition coefficient (Wildman–Crippen LogP) is 2.35. The third-order valence-electron chi connectivity index (χ3n) is 6.44. The Hall–Kier alpha value is -3.14. The molecule has 4 rings (SSSR count). The molecular weight excluding hydrogens is 470 g/mol. The number of carbonyl (C=O) groups is 3. The number of nitrogens with one attached hydrogen (secondary N) is 2. The fraction of sp³-hybridized carbons (Fsp3) is 0.400. The molecule has 0 spiro atoms. The number of carbonyl (C=O) groups excluding carboxylic acids is 3. The van der Waals surface area contributed by atoms with Gasteiger partial charge in [0.2, 0.25) is 0 Å². The van der Waals surface area contributed by atoms with Crippen LogP contribution in [0.15, 0.2) is 48.5 Å². The van der Waals surface area contributed by atoms with Crippen LogP contribution in [-0.4, -0.2) is 72.5 Å². The van der Waals surface area contributed by atoms with Crippen LogP contribution in [0, 0.1) is 0 Å². The second kappa shape index (κ2) is 10.6. The van der Waals surface area contributed by atoms with Gasteiger partial charge in [0.1, 0.15) is 11.3 Å². The highest BCUT2D eigenvalue weighted by Gasteiger charge is 2.50. The number of amides is 4. The first-order valence-electron chi connectivity index (χ1n) is 11.6. The molecular formula is C25H30ClN5O4. The largest absolute Gasteiger partial charge is 0.497 e. The Morgan fingerprint density at radius 2 is 1.80 bits per heavy atom. The molecule has 0 saturated carbocycles. The standard InChI is InChI=1S/C25H30ClN5O4/c1-25(19-5-3-6-21(15-19)35-2)23(33)31(24(34)27-25)28-22(32)17-30-12-4-11-29(13-14-30)16-18-7-9-20(26)10-8-18/h3,5-10,15H,4,11-14,16-17H2,1-2H3,(H,27,34)(H,28,32). The summed E-state index contributed by atoms with van der Waals surface area (Å²) in [5, 5.41) is 4.18. The van der Waals surface area contributed by atoms with Gasteiger partial charge in [-0.3, -0.25) is 24.8 Å². The molecule has 2 N–H and O–H groups in total. The monoisotopic (exact) mass is 499 g/mol. The van der Waals surface area contributed by atoms with E-state index in [0.29, 0.717) is 17.9 Å². The molecule has 2 aromatic carbocycles. The van der Waals surface area contributed by atoms with E-state index in [1.165, 1.54) is 12.7 Å². The molecule has 0 aliphatic carbocycles. The van der Waals surface area contributed by atoms with Crippen molar-refractivity contribution >= 4 is 29.4 Å². The van der Waals surface area contributed by atoms with E-state index in [1.807, 2.05) is 29.2 Å². The lowest BCUT2D eigenvalue weighted by molar-refractivity contribution is -0.139. The van der Waals surface area contributed by atoms with Crippen LogP contribution in [0.4, 0.5) is 4.79 Å². The lowest BCUT2D eigenvalue weighted by Gasteiger charge is -2.24. The topological polar surface area (TPSA) is 94.2 Å². The number of imide groups is 1. The highest BCUT2D eigenvalue weighted by atomic mass is 35.5. The number of urea groups is 1. The summed E-state index contributed by atoms with van der Waals surface area (Å²) in [5.74, 6) is -0.386. The maximum Gasteiger partial charge on any atom is 0.344 e. The first-order valence-corrected chi connectivity index (χ1v) is 12.0. The molecule has 4 amide bonds. The van der Waals surface area contributed by atoms with Crippen LogP contribution in [0.2, 0.25) is 5.02 Å². The summed E-state index contributed by atoms with van der Waals surface area (Å²) < 4.78 is 5.23. The Balaban J connectivity index is 1.32. The smallest absolute Gasteiger partial charge is 0.344 e. The van der Waals surface area contributed by atoms with E-state index in [2.05, 4.69) is 15.6 Å². The number of halogens is 1. The van der Waals surface area contributed by atoms with E-state index in [0.717, 1.165) is 42.6 Å². The molecule has 2 saturated heterocycles. The van der Waals surface area contributed by atoms with Crippen molar-refractivity contribution in [2.45, 2.75) is 25.4 Å². The summed E-state index contributed by atoms with van der Waals surface area (Å²) in [7, 11) is 1.53. The Bertz CT molecular complexity index is 1100. The van der Waals surface area contributed by atoms with Crippen molar-refractivity contribution in [3.63, 3.8) is 0 Å². The first kappa shape index (κ1) is 25.0. The minimum absolute atomic E-state index is 0.0989. The summed E-state index contributed by atoms with van der Waals surface area (Å²) in [6.07, 6.45) is 0.915.